The third kappa shape index (κ3) is 2.84. The number of piperidine rings is 1. The van der Waals surface area contributed by atoms with Gasteiger partial charge in [-0.1, -0.05) is 12.1 Å². The molecule has 5 heteroatoms. The number of ether oxygens (including phenoxy) is 2. The molecule has 0 unspecified atom stereocenters. The number of aliphatic hydroxyl groups is 2. The van der Waals surface area contributed by atoms with Gasteiger partial charge in [0.1, 0.15) is 11.9 Å². The van der Waals surface area contributed by atoms with E-state index < -0.39 is 17.3 Å². The van der Waals surface area contributed by atoms with E-state index in [1.54, 1.807) is 6.92 Å². The van der Waals surface area contributed by atoms with Gasteiger partial charge in [0.2, 0.25) is 0 Å². The molecule has 2 fully saturated rings. The van der Waals surface area contributed by atoms with E-state index in [0.717, 1.165) is 51.3 Å². The van der Waals surface area contributed by atoms with Crippen molar-refractivity contribution >= 4 is 0 Å². The quantitative estimate of drug-likeness (QED) is 0.859. The van der Waals surface area contributed by atoms with E-state index in [1.807, 2.05) is 0 Å². The first-order valence-corrected chi connectivity index (χ1v) is 9.00. The lowest BCUT2D eigenvalue weighted by molar-refractivity contribution is -0.246. The summed E-state index contributed by atoms with van der Waals surface area (Å²) in [7, 11) is 0. The first-order chi connectivity index (χ1) is 11.5. The van der Waals surface area contributed by atoms with Gasteiger partial charge in [-0.05, 0) is 37.0 Å². The van der Waals surface area contributed by atoms with E-state index in [-0.39, 0.29) is 0 Å². The maximum absolute atomic E-state index is 10.6. The van der Waals surface area contributed by atoms with Gasteiger partial charge in [-0.25, -0.2) is 0 Å². The number of nitrogens with zero attached hydrogens (tertiary/aromatic N) is 1. The number of hydrogen-bond acceptors (Lipinski definition) is 5. The predicted octanol–water partition coefficient (Wildman–Crippen LogP) is 1.49. The van der Waals surface area contributed by atoms with Crippen molar-refractivity contribution in [1.82, 2.24) is 4.90 Å². The largest absolute Gasteiger partial charge is 0.493 e. The van der Waals surface area contributed by atoms with Crippen LogP contribution in [0.15, 0.2) is 18.2 Å². The first-order valence-electron chi connectivity index (χ1n) is 9.00. The Morgan fingerprint density at radius 3 is 2.79 bits per heavy atom. The van der Waals surface area contributed by atoms with E-state index in [2.05, 4.69) is 23.1 Å². The second kappa shape index (κ2) is 5.99. The molecular formula is C19H27NO4. The highest BCUT2D eigenvalue weighted by molar-refractivity contribution is 5.39. The van der Waals surface area contributed by atoms with Crippen molar-refractivity contribution in [3.05, 3.63) is 29.3 Å². The molecule has 0 aliphatic carbocycles. The van der Waals surface area contributed by atoms with Gasteiger partial charge in [0.05, 0.1) is 24.4 Å². The van der Waals surface area contributed by atoms with Crippen molar-refractivity contribution in [2.24, 2.45) is 0 Å². The highest BCUT2D eigenvalue weighted by Crippen LogP contribution is 2.40. The second-order valence-electron chi connectivity index (χ2n) is 7.74. The Bertz CT molecular complexity index is 607. The molecule has 132 valence electrons. The van der Waals surface area contributed by atoms with Crippen LogP contribution in [0.4, 0.5) is 0 Å². The number of benzene rings is 1. The zero-order chi connectivity index (χ0) is 16.8. The van der Waals surface area contributed by atoms with Crippen LogP contribution in [0.1, 0.15) is 37.3 Å². The van der Waals surface area contributed by atoms with Crippen molar-refractivity contribution in [3.63, 3.8) is 0 Å². The van der Waals surface area contributed by atoms with Crippen LogP contribution in [-0.2, 0) is 17.7 Å². The van der Waals surface area contributed by atoms with Crippen LogP contribution < -0.4 is 4.74 Å². The lowest BCUT2D eigenvalue weighted by atomic mass is 9.75. The maximum atomic E-state index is 10.6. The molecule has 2 saturated heterocycles. The Balaban J connectivity index is 1.39. The molecule has 0 bridgehead atoms. The summed E-state index contributed by atoms with van der Waals surface area (Å²) in [5.74, 6) is 1.03. The normalized spacial score (nSPS) is 32.5. The number of hydrogen-bond donors (Lipinski definition) is 2. The predicted molar refractivity (Wildman–Crippen MR) is 90.1 cm³/mol. The van der Waals surface area contributed by atoms with E-state index in [4.69, 9.17) is 9.47 Å². The fourth-order valence-electron chi connectivity index (χ4n) is 4.35. The summed E-state index contributed by atoms with van der Waals surface area (Å²) in [5, 5.41) is 21.0. The van der Waals surface area contributed by atoms with Gasteiger partial charge in [-0.2, -0.15) is 0 Å². The molecular weight excluding hydrogens is 306 g/mol. The Morgan fingerprint density at radius 2 is 2.00 bits per heavy atom. The molecule has 0 amide bonds. The number of rotatable bonds is 2. The fourth-order valence-corrected chi connectivity index (χ4v) is 4.35. The molecule has 1 aromatic carbocycles. The monoisotopic (exact) mass is 333 g/mol. The van der Waals surface area contributed by atoms with Gasteiger partial charge in [-0.15, -0.1) is 0 Å². The Hall–Kier alpha value is -1.14. The number of fused-ring (bicyclic) bond motifs is 1. The van der Waals surface area contributed by atoms with E-state index in [9.17, 15) is 10.2 Å². The van der Waals surface area contributed by atoms with Crippen LogP contribution >= 0.6 is 0 Å². The molecule has 1 aromatic rings. The molecule has 1 spiro atoms. The van der Waals surface area contributed by atoms with Crippen molar-refractivity contribution in [1.29, 1.82) is 0 Å². The molecule has 0 radical (unpaired) electrons. The SMILES string of the molecule is C[C@@]1(O)CCOC2(CCN(Cc3ccc4c(c3)CCO4)CC2)[C@H]1O. The van der Waals surface area contributed by atoms with E-state index >= 15 is 0 Å². The summed E-state index contributed by atoms with van der Waals surface area (Å²) >= 11 is 0. The van der Waals surface area contributed by atoms with Crippen molar-refractivity contribution in [2.45, 2.75) is 56.5 Å². The van der Waals surface area contributed by atoms with Gasteiger partial charge >= 0.3 is 0 Å². The van der Waals surface area contributed by atoms with Crippen molar-refractivity contribution < 1.29 is 19.7 Å². The summed E-state index contributed by atoms with van der Waals surface area (Å²) in [5.41, 5.74) is 1.00. The molecule has 24 heavy (non-hydrogen) atoms. The minimum Gasteiger partial charge on any atom is -0.493 e. The van der Waals surface area contributed by atoms with Crippen molar-refractivity contribution in [2.75, 3.05) is 26.3 Å². The minimum absolute atomic E-state index is 0.497. The Morgan fingerprint density at radius 1 is 1.21 bits per heavy atom. The van der Waals surface area contributed by atoms with Crippen LogP contribution in [0.2, 0.25) is 0 Å². The number of aliphatic hydroxyl groups excluding tert-OH is 1. The molecule has 3 heterocycles. The van der Waals surface area contributed by atoms with E-state index in [1.165, 1.54) is 11.1 Å². The summed E-state index contributed by atoms with van der Waals surface area (Å²) < 4.78 is 11.5. The van der Waals surface area contributed by atoms with Crippen molar-refractivity contribution in [3.8, 4) is 5.75 Å². The van der Waals surface area contributed by atoms with Crippen LogP contribution in [-0.4, -0.2) is 58.7 Å². The van der Waals surface area contributed by atoms with Crippen LogP contribution in [0.3, 0.4) is 0 Å². The van der Waals surface area contributed by atoms with E-state index in [0.29, 0.717) is 13.0 Å². The average Bonchev–Trinajstić information content (AvgIpc) is 3.02. The van der Waals surface area contributed by atoms with Gasteiger partial charge in [0, 0.05) is 32.5 Å². The smallest absolute Gasteiger partial charge is 0.122 e. The lowest BCUT2D eigenvalue weighted by Gasteiger charge is -2.51. The summed E-state index contributed by atoms with van der Waals surface area (Å²) in [6, 6.07) is 6.48. The van der Waals surface area contributed by atoms with Crippen LogP contribution in [0.25, 0.3) is 0 Å². The standard InChI is InChI=1S/C19H27NO4/c1-18(22)7-11-24-19(17(18)21)5-8-20(9-6-19)13-14-2-3-16-15(12-14)4-10-23-16/h2-3,12,17,21-22H,4-11,13H2,1H3/t17-,18+/m0/s1. The highest BCUT2D eigenvalue weighted by atomic mass is 16.5. The molecule has 2 atom stereocenters. The van der Waals surface area contributed by atoms with Gasteiger partial charge < -0.3 is 19.7 Å². The minimum atomic E-state index is -1.04. The zero-order valence-corrected chi connectivity index (χ0v) is 14.3. The maximum Gasteiger partial charge on any atom is 0.122 e. The lowest BCUT2D eigenvalue weighted by Crippen LogP contribution is -2.64. The molecule has 0 saturated carbocycles. The zero-order valence-electron chi connectivity index (χ0n) is 14.3. The average molecular weight is 333 g/mol. The molecule has 5 nitrogen and oxygen atoms in total. The van der Waals surface area contributed by atoms with Crippen LogP contribution in [0.5, 0.6) is 5.75 Å². The topological polar surface area (TPSA) is 62.2 Å². The third-order valence-corrected chi connectivity index (χ3v) is 5.95. The molecule has 3 aliphatic rings. The second-order valence-corrected chi connectivity index (χ2v) is 7.74. The summed E-state index contributed by atoms with van der Waals surface area (Å²) in [6.07, 6.45) is 2.22. The molecule has 2 N–H and O–H groups in total. The number of likely N-dealkylation sites (tertiary alicyclic amines) is 1. The summed E-state index contributed by atoms with van der Waals surface area (Å²) in [6.45, 7) is 5.70. The Labute approximate surface area is 143 Å². The van der Waals surface area contributed by atoms with Crippen LogP contribution in [0, 0.1) is 0 Å². The molecule has 0 aromatic heterocycles. The molecule has 3 aliphatic heterocycles. The first kappa shape index (κ1) is 16.3. The molecule has 4 rings (SSSR count). The highest BCUT2D eigenvalue weighted by Gasteiger charge is 2.52. The Kier molecular flexibility index (Phi) is 4.07. The summed E-state index contributed by atoms with van der Waals surface area (Å²) in [4.78, 5) is 2.40. The fraction of sp³-hybridized carbons (Fsp3) is 0.684. The van der Waals surface area contributed by atoms with Gasteiger partial charge in [-0.3, -0.25) is 4.90 Å². The van der Waals surface area contributed by atoms with Gasteiger partial charge in [0.25, 0.3) is 0 Å². The third-order valence-electron chi connectivity index (χ3n) is 5.95. The van der Waals surface area contributed by atoms with Gasteiger partial charge in [0.15, 0.2) is 0 Å².